The Morgan fingerprint density at radius 1 is 1.36 bits per heavy atom. The van der Waals surface area contributed by atoms with E-state index in [9.17, 15) is 4.79 Å². The number of nitrogens with one attached hydrogen (secondary N) is 1. The molecule has 0 spiro atoms. The van der Waals surface area contributed by atoms with Crippen LogP contribution in [0.3, 0.4) is 0 Å². The van der Waals surface area contributed by atoms with Crippen LogP contribution in [-0.2, 0) is 11.3 Å². The van der Waals surface area contributed by atoms with E-state index in [1.807, 2.05) is 46.5 Å². The van der Waals surface area contributed by atoms with Crippen molar-refractivity contribution in [2.75, 3.05) is 13.7 Å². The van der Waals surface area contributed by atoms with E-state index in [4.69, 9.17) is 4.74 Å². The number of imidazole rings is 2. The number of aryl methyl sites for hydroxylation is 1. The molecule has 1 N–H and O–H groups in total. The lowest BCUT2D eigenvalue weighted by Crippen LogP contribution is -2.25. The summed E-state index contributed by atoms with van der Waals surface area (Å²) in [6.07, 6.45) is 5.97. The molecule has 3 heterocycles. The number of hydrogen-bond acceptors (Lipinski definition) is 4. The normalized spacial score (nSPS) is 14.2. The van der Waals surface area contributed by atoms with Crippen molar-refractivity contribution in [1.29, 1.82) is 0 Å². The molecular weight excluding hydrogens is 318 g/mol. The molecular formula is C18H21N5O2. The molecule has 3 aromatic heterocycles. The number of hydrogen-bond donors (Lipinski definition) is 1. The van der Waals surface area contributed by atoms with E-state index in [2.05, 4.69) is 15.3 Å². The zero-order valence-electron chi connectivity index (χ0n) is 14.4. The number of methoxy groups -OCH3 is 1. The number of aromatic nitrogens is 4. The minimum Gasteiger partial charge on any atom is -0.383 e. The van der Waals surface area contributed by atoms with Crippen molar-refractivity contribution in [2.45, 2.75) is 32.4 Å². The van der Waals surface area contributed by atoms with Gasteiger partial charge in [0, 0.05) is 32.1 Å². The monoisotopic (exact) mass is 339 g/mol. The second kappa shape index (κ2) is 6.33. The molecule has 0 radical (unpaired) electrons. The Balaban J connectivity index is 1.75. The van der Waals surface area contributed by atoms with Crippen LogP contribution >= 0.6 is 0 Å². The molecule has 0 bridgehead atoms. The second-order valence-electron chi connectivity index (χ2n) is 6.35. The highest BCUT2D eigenvalue weighted by molar-refractivity contribution is 6.00. The highest BCUT2D eigenvalue weighted by atomic mass is 16.5. The summed E-state index contributed by atoms with van der Waals surface area (Å²) in [5.74, 6) is 1.45. The van der Waals surface area contributed by atoms with E-state index < -0.39 is 0 Å². The number of amides is 1. The molecule has 25 heavy (non-hydrogen) atoms. The van der Waals surface area contributed by atoms with Gasteiger partial charge < -0.3 is 14.6 Å². The van der Waals surface area contributed by atoms with Gasteiger partial charge in [0.05, 0.1) is 12.1 Å². The molecule has 7 nitrogen and oxygen atoms in total. The summed E-state index contributed by atoms with van der Waals surface area (Å²) in [5, 5.41) is 3.01. The van der Waals surface area contributed by atoms with Gasteiger partial charge in [-0.1, -0.05) is 6.07 Å². The Morgan fingerprint density at radius 3 is 2.96 bits per heavy atom. The van der Waals surface area contributed by atoms with Crippen LogP contribution in [0.1, 0.15) is 29.2 Å². The van der Waals surface area contributed by atoms with Crippen LogP contribution in [0.15, 0.2) is 30.6 Å². The summed E-state index contributed by atoms with van der Waals surface area (Å²) in [6.45, 7) is 3.30. The van der Waals surface area contributed by atoms with Crippen molar-refractivity contribution in [3.05, 3.63) is 42.1 Å². The summed E-state index contributed by atoms with van der Waals surface area (Å²) in [6, 6.07) is 6.05. The average molecular weight is 339 g/mol. The van der Waals surface area contributed by atoms with Gasteiger partial charge >= 0.3 is 0 Å². The molecule has 130 valence electrons. The zero-order valence-corrected chi connectivity index (χ0v) is 14.4. The maximum Gasteiger partial charge on any atom is 0.272 e. The van der Waals surface area contributed by atoms with Crippen molar-refractivity contribution in [1.82, 2.24) is 24.3 Å². The van der Waals surface area contributed by atoms with Crippen LogP contribution in [0.5, 0.6) is 0 Å². The van der Waals surface area contributed by atoms with Crippen LogP contribution < -0.4 is 5.32 Å². The molecule has 1 aliphatic carbocycles. The topological polar surface area (TPSA) is 73.5 Å². The molecule has 1 fully saturated rings. The third-order valence-electron chi connectivity index (χ3n) is 4.42. The van der Waals surface area contributed by atoms with Gasteiger partial charge in [0.15, 0.2) is 11.5 Å². The summed E-state index contributed by atoms with van der Waals surface area (Å²) in [7, 11) is 1.68. The predicted octanol–water partition coefficient (Wildman–Crippen LogP) is 2.04. The fraction of sp³-hybridized carbons (Fsp3) is 0.389. The van der Waals surface area contributed by atoms with E-state index in [1.54, 1.807) is 7.11 Å². The molecule has 1 saturated carbocycles. The van der Waals surface area contributed by atoms with E-state index in [0.29, 0.717) is 24.2 Å². The highest BCUT2D eigenvalue weighted by Crippen LogP contribution is 2.24. The summed E-state index contributed by atoms with van der Waals surface area (Å²) in [5.41, 5.74) is 1.99. The van der Waals surface area contributed by atoms with Crippen LogP contribution in [0, 0.1) is 6.92 Å². The third-order valence-corrected chi connectivity index (χ3v) is 4.42. The van der Waals surface area contributed by atoms with E-state index >= 15 is 0 Å². The summed E-state index contributed by atoms with van der Waals surface area (Å²) in [4.78, 5) is 21.8. The maximum absolute atomic E-state index is 12.5. The molecule has 4 rings (SSSR count). The van der Waals surface area contributed by atoms with Crippen LogP contribution in [0.2, 0.25) is 0 Å². The lowest BCUT2D eigenvalue weighted by molar-refractivity contribution is 0.0948. The minimum atomic E-state index is -0.118. The Morgan fingerprint density at radius 2 is 2.20 bits per heavy atom. The first-order valence-electron chi connectivity index (χ1n) is 8.48. The van der Waals surface area contributed by atoms with E-state index in [0.717, 1.165) is 36.4 Å². The first kappa shape index (κ1) is 15.8. The molecule has 0 unspecified atom stereocenters. The number of pyridine rings is 1. The molecule has 0 saturated heterocycles. The van der Waals surface area contributed by atoms with Gasteiger partial charge in [-0.15, -0.1) is 0 Å². The average Bonchev–Trinajstić information content (AvgIpc) is 3.22. The van der Waals surface area contributed by atoms with Gasteiger partial charge in [-0.05, 0) is 31.9 Å². The largest absolute Gasteiger partial charge is 0.383 e. The molecule has 7 heteroatoms. The Labute approximate surface area is 145 Å². The van der Waals surface area contributed by atoms with Gasteiger partial charge in [0.2, 0.25) is 0 Å². The summed E-state index contributed by atoms with van der Waals surface area (Å²) < 4.78 is 9.10. The fourth-order valence-electron chi connectivity index (χ4n) is 2.90. The quantitative estimate of drug-likeness (QED) is 0.746. The Kier molecular flexibility index (Phi) is 4.01. The third kappa shape index (κ3) is 3.02. The smallest absolute Gasteiger partial charge is 0.272 e. The van der Waals surface area contributed by atoms with Crippen molar-refractivity contribution in [3.8, 4) is 11.5 Å². The van der Waals surface area contributed by atoms with Gasteiger partial charge in [-0.3, -0.25) is 9.20 Å². The lowest BCUT2D eigenvalue weighted by Gasteiger charge is -2.02. The number of carbonyl (C=O) groups is 1. The number of rotatable bonds is 6. The van der Waals surface area contributed by atoms with Gasteiger partial charge in [0.1, 0.15) is 11.5 Å². The molecule has 1 aliphatic rings. The summed E-state index contributed by atoms with van der Waals surface area (Å²) >= 11 is 0. The lowest BCUT2D eigenvalue weighted by atomic mass is 10.3. The van der Waals surface area contributed by atoms with Crippen molar-refractivity contribution in [2.24, 2.45) is 0 Å². The Hall–Kier alpha value is -2.67. The molecule has 3 aromatic rings. The van der Waals surface area contributed by atoms with Crippen molar-refractivity contribution in [3.63, 3.8) is 0 Å². The standard InChI is InChI=1S/C18H21N5O2/c1-12-19-14(11-22(12)9-10-25-2)17-21-16(18(24)20-13-6-7-13)15-5-3-4-8-23(15)17/h3-5,8,11,13H,6-7,9-10H2,1-2H3,(H,20,24). The number of fused-ring (bicyclic) bond motifs is 1. The minimum absolute atomic E-state index is 0.118. The first-order valence-corrected chi connectivity index (χ1v) is 8.48. The van der Waals surface area contributed by atoms with Crippen LogP contribution in [-0.4, -0.2) is 44.6 Å². The van der Waals surface area contributed by atoms with Crippen molar-refractivity contribution >= 4 is 11.4 Å². The molecule has 0 aliphatic heterocycles. The SMILES string of the molecule is COCCn1cc(-c2nc(C(=O)NC3CC3)c3ccccn23)nc1C. The number of ether oxygens (including phenoxy) is 1. The van der Waals surface area contributed by atoms with E-state index in [-0.39, 0.29) is 5.91 Å². The van der Waals surface area contributed by atoms with Gasteiger partial charge in [-0.25, -0.2) is 9.97 Å². The van der Waals surface area contributed by atoms with Gasteiger partial charge in [0.25, 0.3) is 5.91 Å². The zero-order chi connectivity index (χ0) is 17.4. The van der Waals surface area contributed by atoms with Crippen LogP contribution in [0.25, 0.3) is 17.0 Å². The number of nitrogens with zero attached hydrogens (tertiary/aromatic N) is 4. The first-order chi connectivity index (χ1) is 12.2. The predicted molar refractivity (Wildman–Crippen MR) is 93.5 cm³/mol. The molecule has 1 amide bonds. The Bertz CT molecular complexity index is 923. The fourth-order valence-corrected chi connectivity index (χ4v) is 2.90. The van der Waals surface area contributed by atoms with E-state index in [1.165, 1.54) is 0 Å². The van der Waals surface area contributed by atoms with Crippen molar-refractivity contribution < 1.29 is 9.53 Å². The molecule has 0 atom stereocenters. The number of carbonyl (C=O) groups excluding carboxylic acids is 1. The highest BCUT2D eigenvalue weighted by Gasteiger charge is 2.27. The van der Waals surface area contributed by atoms with Crippen LogP contribution in [0.4, 0.5) is 0 Å². The van der Waals surface area contributed by atoms with Gasteiger partial charge in [-0.2, -0.15) is 0 Å². The molecule has 0 aromatic carbocycles. The second-order valence-corrected chi connectivity index (χ2v) is 6.35. The maximum atomic E-state index is 12.5.